The zero-order chi connectivity index (χ0) is 21.4. The van der Waals surface area contributed by atoms with Crippen LogP contribution < -0.4 is 0 Å². The monoisotopic (exact) mass is 1310 g/mol. The van der Waals surface area contributed by atoms with E-state index in [1.807, 2.05) is 0 Å². The maximum Gasteiger partial charge on any atom is 0.165 e. The smallest absolute Gasteiger partial charge is 0.165 e. The molecule has 16 heteroatoms. The van der Waals surface area contributed by atoms with Crippen molar-refractivity contribution in [3.8, 4) is 17.2 Å². The summed E-state index contributed by atoms with van der Waals surface area (Å²) in [6.45, 7) is 3.61. The van der Waals surface area contributed by atoms with Crippen LogP contribution >= 0.6 is 47.8 Å². The molecule has 37 heavy (non-hydrogen) atoms. The van der Waals surface area contributed by atoms with Gasteiger partial charge >= 0.3 is 0 Å². The summed E-state index contributed by atoms with van der Waals surface area (Å²) in [5, 5.41) is 26.6. The van der Waals surface area contributed by atoms with E-state index in [4.69, 9.17) is 10.2 Å². The van der Waals surface area contributed by atoms with Crippen LogP contribution in [0, 0.1) is 37.6 Å². The Bertz CT molecular complexity index is 906. The fourth-order valence-electron chi connectivity index (χ4n) is 1.73. The van der Waals surface area contributed by atoms with Crippen molar-refractivity contribution >= 4 is 47.8 Å². The standard InChI is InChI=1S/C8H7BrO.2C6H4BrFO.CH4.8Y/c1-5-3-7(9)4-6(2)8(5)10;7-4-1-2-6(9)5(8)3-4;7-5-2-1-4(9)3-6(5)8;;;;;;;;;/h10H,1-2H3;2*1-3,9H;1H4;;;;;;;;/q-2;;;;;;;;;;;. The number of aryl methyl sites for hydroxylation is 2. The first kappa shape index (κ1) is 66.6. The van der Waals surface area contributed by atoms with Gasteiger partial charge in [0.15, 0.2) is 11.6 Å². The Morgan fingerprint density at radius 2 is 1.08 bits per heavy atom. The van der Waals surface area contributed by atoms with Gasteiger partial charge in [-0.05, 0) is 46.3 Å². The Morgan fingerprint density at radius 1 is 0.649 bits per heavy atom. The van der Waals surface area contributed by atoms with Crippen molar-refractivity contribution in [1.82, 2.24) is 0 Å². The van der Waals surface area contributed by atoms with E-state index in [1.54, 1.807) is 19.9 Å². The predicted molar refractivity (Wildman–Crippen MR) is 121 cm³/mol. The zero-order valence-electron chi connectivity index (χ0n) is 19.3. The first-order valence-corrected chi connectivity index (χ1v) is 9.97. The van der Waals surface area contributed by atoms with Gasteiger partial charge in [0, 0.05) is 272 Å². The summed E-state index contributed by atoms with van der Waals surface area (Å²) >= 11 is 9.21. The van der Waals surface area contributed by atoms with Gasteiger partial charge in [-0.3, -0.25) is 0 Å². The molecule has 3 rings (SSSR count). The fraction of sp³-hybridized carbons (Fsp3) is 0.143. The number of halogens is 5. The molecule has 0 atom stereocenters. The SMILES string of the molecule is C.Cc1[c-]c(Br)[c-]c(C)c1O.Oc1ccc(Br)c(F)c1.Oc1ccc(Br)cc1F.[Y].[Y].[Y].[Y].[Y].[Y].[Y].[Y]. The summed E-state index contributed by atoms with van der Waals surface area (Å²) in [6.07, 6.45) is 0. The Kier molecular flexibility index (Phi) is 67.7. The van der Waals surface area contributed by atoms with E-state index in [9.17, 15) is 13.9 Å². The average Bonchev–Trinajstić information content (AvgIpc) is 2.61. The van der Waals surface area contributed by atoms with Crippen molar-refractivity contribution in [3.63, 3.8) is 0 Å². The van der Waals surface area contributed by atoms with Crippen LogP contribution in [0.25, 0.3) is 0 Å². The van der Waals surface area contributed by atoms with E-state index in [-0.39, 0.29) is 286 Å². The topological polar surface area (TPSA) is 60.7 Å². The van der Waals surface area contributed by atoms with Gasteiger partial charge in [-0.25, -0.2) is 24.4 Å². The molecule has 0 aliphatic carbocycles. The molecule has 0 aromatic heterocycles. The van der Waals surface area contributed by atoms with Crippen molar-refractivity contribution in [2.24, 2.45) is 0 Å². The molecular weight excluding hydrogens is 1290 g/mol. The molecule has 0 aliphatic heterocycles. The summed E-state index contributed by atoms with van der Waals surface area (Å²) < 4.78 is 26.4. The number of phenols is 3. The second kappa shape index (κ2) is 37.6. The number of aromatic hydroxyl groups is 3. The van der Waals surface area contributed by atoms with E-state index >= 15 is 0 Å². The van der Waals surface area contributed by atoms with Crippen molar-refractivity contribution in [3.05, 3.63) is 84.7 Å². The Labute approximate surface area is 445 Å². The second-order valence-electron chi connectivity index (χ2n) is 5.36. The minimum Gasteiger partial charge on any atom is -0.621 e. The second-order valence-corrected chi connectivity index (χ2v) is 7.92. The fourth-order valence-corrected chi connectivity index (χ4v) is 2.90. The van der Waals surface area contributed by atoms with Crippen molar-refractivity contribution in [1.29, 1.82) is 0 Å². The minimum absolute atomic E-state index is 0. The van der Waals surface area contributed by atoms with E-state index in [1.165, 1.54) is 24.3 Å². The quantitative estimate of drug-likeness (QED) is 0.204. The Morgan fingerprint density at radius 3 is 1.41 bits per heavy atom. The van der Waals surface area contributed by atoms with Gasteiger partial charge in [-0.1, -0.05) is 37.2 Å². The van der Waals surface area contributed by atoms with Crippen LogP contribution in [0.15, 0.2) is 49.8 Å². The first-order chi connectivity index (χ1) is 13.0. The molecule has 0 spiro atoms. The summed E-state index contributed by atoms with van der Waals surface area (Å²) in [5.41, 5.74) is 1.51. The number of hydrogen-bond acceptors (Lipinski definition) is 3. The minimum atomic E-state index is -0.607. The van der Waals surface area contributed by atoms with Gasteiger partial charge in [-0.15, -0.1) is 21.7 Å². The number of phenolic OH excluding ortho intramolecular Hbond substituents is 3. The van der Waals surface area contributed by atoms with Gasteiger partial charge in [0.25, 0.3) is 0 Å². The van der Waals surface area contributed by atoms with Crippen LogP contribution in [0.1, 0.15) is 18.6 Å². The van der Waals surface area contributed by atoms with Gasteiger partial charge < -0.3 is 27.5 Å². The van der Waals surface area contributed by atoms with Crippen LogP contribution in [0.4, 0.5) is 8.78 Å². The van der Waals surface area contributed by atoms with Crippen molar-refractivity contribution < 1.29 is 286 Å². The molecule has 0 fully saturated rings. The third kappa shape index (κ3) is 30.3. The number of hydrogen-bond donors (Lipinski definition) is 3. The molecule has 8 radical (unpaired) electrons. The predicted octanol–water partition coefficient (Wildman–Crippen LogP) is 7.58. The van der Waals surface area contributed by atoms with Crippen LogP contribution in [0.2, 0.25) is 0 Å². The van der Waals surface area contributed by atoms with Crippen LogP contribution in [-0.4, -0.2) is 15.3 Å². The molecule has 0 saturated carbocycles. The van der Waals surface area contributed by atoms with Crippen LogP contribution in [0.3, 0.4) is 0 Å². The summed E-state index contributed by atoms with van der Waals surface area (Å²) in [6, 6.07) is 13.7. The molecule has 182 valence electrons. The molecule has 3 nitrogen and oxygen atoms in total. The summed E-state index contributed by atoms with van der Waals surface area (Å²) in [7, 11) is 0. The Balaban J connectivity index is -0.0000000405. The molecule has 0 saturated heterocycles. The van der Waals surface area contributed by atoms with Crippen molar-refractivity contribution in [2.75, 3.05) is 0 Å². The third-order valence-electron chi connectivity index (χ3n) is 3.12. The van der Waals surface area contributed by atoms with Crippen LogP contribution in [-0.2, 0) is 262 Å². The molecule has 0 heterocycles. The zero-order valence-corrected chi connectivity index (χ0v) is 46.8. The van der Waals surface area contributed by atoms with Gasteiger partial charge in [0.05, 0.1) is 4.47 Å². The van der Waals surface area contributed by atoms with Gasteiger partial charge in [0.1, 0.15) is 11.6 Å². The van der Waals surface area contributed by atoms with E-state index in [0.717, 1.165) is 21.7 Å². The molecule has 0 aliphatic rings. The maximum atomic E-state index is 12.4. The number of benzene rings is 3. The molecule has 0 bridgehead atoms. The van der Waals surface area contributed by atoms with E-state index in [2.05, 4.69) is 59.9 Å². The average molecular weight is 1310 g/mol. The van der Waals surface area contributed by atoms with Crippen LogP contribution in [0.5, 0.6) is 17.2 Å². The van der Waals surface area contributed by atoms with Gasteiger partial charge in [-0.2, -0.15) is 0 Å². The van der Waals surface area contributed by atoms with E-state index < -0.39 is 11.6 Å². The van der Waals surface area contributed by atoms with Crippen molar-refractivity contribution in [2.45, 2.75) is 21.3 Å². The summed E-state index contributed by atoms with van der Waals surface area (Å²) in [4.78, 5) is 0. The molecule has 0 amide bonds. The normalized spacial score (nSPS) is 7.32. The molecular formula is C21H19Br3F2O3Y8-2. The molecule has 3 aromatic carbocycles. The number of rotatable bonds is 0. The molecule has 3 aromatic rings. The third-order valence-corrected chi connectivity index (χ3v) is 4.65. The summed E-state index contributed by atoms with van der Waals surface area (Å²) in [5.74, 6) is -1.16. The molecule has 0 unspecified atom stereocenters. The van der Waals surface area contributed by atoms with Gasteiger partial charge in [0.2, 0.25) is 0 Å². The largest absolute Gasteiger partial charge is 0.621 e. The van der Waals surface area contributed by atoms with E-state index in [0.29, 0.717) is 8.95 Å². The first-order valence-electron chi connectivity index (χ1n) is 7.59. The maximum absolute atomic E-state index is 12.4. The Hall–Kier alpha value is 7.19. The molecule has 3 N–H and O–H groups in total.